The van der Waals surface area contributed by atoms with Crippen molar-refractivity contribution in [3.8, 4) is 0 Å². The van der Waals surface area contributed by atoms with E-state index in [0.717, 1.165) is 11.5 Å². The second kappa shape index (κ2) is 3.44. The molecule has 3 aliphatic heterocycles. The summed E-state index contributed by atoms with van der Waals surface area (Å²) in [4.78, 5) is 7.61. The van der Waals surface area contributed by atoms with Crippen LogP contribution in [0.4, 0.5) is 0 Å². The zero-order valence-electron chi connectivity index (χ0n) is 10.1. The van der Waals surface area contributed by atoms with E-state index in [1.807, 2.05) is 0 Å². The lowest BCUT2D eigenvalue weighted by molar-refractivity contribution is -0.0976. The molecular formula is C12H23N3. The van der Waals surface area contributed by atoms with Gasteiger partial charge in [0.25, 0.3) is 0 Å². The lowest BCUT2D eigenvalue weighted by atomic mass is 9.71. The molecule has 1 spiro atoms. The predicted molar refractivity (Wildman–Crippen MR) is 62.0 cm³/mol. The van der Waals surface area contributed by atoms with Crippen LogP contribution < -0.4 is 0 Å². The molecule has 3 rings (SSSR count). The van der Waals surface area contributed by atoms with Crippen LogP contribution in [-0.4, -0.2) is 74.1 Å². The molecule has 15 heavy (non-hydrogen) atoms. The molecule has 0 aromatic rings. The number of nitrogens with zero attached hydrogens (tertiary/aromatic N) is 3. The Kier molecular flexibility index (Phi) is 2.31. The van der Waals surface area contributed by atoms with Gasteiger partial charge in [0.05, 0.1) is 0 Å². The van der Waals surface area contributed by atoms with Crippen LogP contribution >= 0.6 is 0 Å². The highest BCUT2D eigenvalue weighted by Crippen LogP contribution is 2.41. The molecule has 0 unspecified atom stereocenters. The van der Waals surface area contributed by atoms with E-state index in [4.69, 9.17) is 0 Å². The van der Waals surface area contributed by atoms with E-state index in [9.17, 15) is 0 Å². The summed E-state index contributed by atoms with van der Waals surface area (Å²) in [6.07, 6.45) is 2.87. The second-order valence-corrected chi connectivity index (χ2v) is 6.08. The highest BCUT2D eigenvalue weighted by Gasteiger charge is 2.48. The molecule has 3 heteroatoms. The molecule has 0 aromatic carbocycles. The molecule has 0 radical (unpaired) electrons. The lowest BCUT2D eigenvalue weighted by Gasteiger charge is -2.59. The quantitative estimate of drug-likeness (QED) is 0.616. The van der Waals surface area contributed by atoms with Crippen LogP contribution in [0.15, 0.2) is 0 Å². The topological polar surface area (TPSA) is 9.72 Å². The minimum Gasteiger partial charge on any atom is -0.306 e. The van der Waals surface area contributed by atoms with Crippen LogP contribution in [0.3, 0.4) is 0 Å². The smallest absolute Gasteiger partial charge is 0.0350 e. The van der Waals surface area contributed by atoms with Crippen LogP contribution in [0.2, 0.25) is 0 Å². The standard InChI is InChI=1S/C12H23N3/c1-13-5-3-12(4-6-13)9-15(10-12)11-7-14(2)8-11/h11H,3-10H2,1-2H3. The Morgan fingerprint density at radius 2 is 1.53 bits per heavy atom. The SMILES string of the molecule is CN1CCC2(CC1)CN(C1CN(C)C1)C2. The first-order valence-electron chi connectivity index (χ1n) is 6.28. The summed E-state index contributed by atoms with van der Waals surface area (Å²) in [6, 6.07) is 0.889. The third kappa shape index (κ3) is 1.71. The molecule has 0 bridgehead atoms. The number of piperidine rings is 1. The van der Waals surface area contributed by atoms with E-state index in [0.29, 0.717) is 0 Å². The Balaban J connectivity index is 1.48. The van der Waals surface area contributed by atoms with E-state index < -0.39 is 0 Å². The highest BCUT2D eigenvalue weighted by atomic mass is 15.3. The molecule has 0 atom stereocenters. The molecule has 0 aromatic heterocycles. The van der Waals surface area contributed by atoms with Gasteiger partial charge < -0.3 is 9.80 Å². The van der Waals surface area contributed by atoms with Crippen LogP contribution in [0.5, 0.6) is 0 Å². The summed E-state index contributed by atoms with van der Waals surface area (Å²) in [7, 11) is 4.48. The van der Waals surface area contributed by atoms with Crippen LogP contribution in [0.1, 0.15) is 12.8 Å². The van der Waals surface area contributed by atoms with E-state index in [2.05, 4.69) is 28.8 Å². The second-order valence-electron chi connectivity index (χ2n) is 6.08. The van der Waals surface area contributed by atoms with Crippen molar-refractivity contribution in [3.05, 3.63) is 0 Å². The number of likely N-dealkylation sites (tertiary alicyclic amines) is 3. The summed E-state index contributed by atoms with van der Waals surface area (Å²) in [6.45, 7) is 8.02. The van der Waals surface area contributed by atoms with E-state index in [1.165, 1.54) is 52.1 Å². The van der Waals surface area contributed by atoms with Crippen molar-refractivity contribution in [2.45, 2.75) is 18.9 Å². The molecule has 3 fully saturated rings. The fourth-order valence-corrected chi connectivity index (χ4v) is 3.38. The summed E-state index contributed by atoms with van der Waals surface area (Å²) in [5, 5.41) is 0. The molecule has 0 saturated carbocycles. The molecule has 3 aliphatic rings. The highest BCUT2D eigenvalue weighted by molar-refractivity contribution is 5.02. The van der Waals surface area contributed by atoms with E-state index >= 15 is 0 Å². The Morgan fingerprint density at radius 1 is 0.933 bits per heavy atom. The molecule has 3 saturated heterocycles. The molecule has 0 amide bonds. The number of hydrogen-bond acceptors (Lipinski definition) is 3. The van der Waals surface area contributed by atoms with Gasteiger partial charge >= 0.3 is 0 Å². The summed E-state index contributed by atoms with van der Waals surface area (Å²) in [5.41, 5.74) is 0.723. The van der Waals surface area contributed by atoms with Gasteiger partial charge in [-0.05, 0) is 45.4 Å². The van der Waals surface area contributed by atoms with Crippen molar-refractivity contribution in [2.75, 3.05) is 53.4 Å². The monoisotopic (exact) mass is 209 g/mol. The fourth-order valence-electron chi connectivity index (χ4n) is 3.38. The zero-order valence-corrected chi connectivity index (χ0v) is 10.1. The summed E-state index contributed by atoms with van der Waals surface area (Å²) >= 11 is 0. The van der Waals surface area contributed by atoms with Crippen LogP contribution in [0, 0.1) is 5.41 Å². The van der Waals surface area contributed by atoms with Gasteiger partial charge in [0, 0.05) is 32.2 Å². The Hall–Kier alpha value is -0.120. The average molecular weight is 209 g/mol. The molecule has 0 N–H and O–H groups in total. The third-order valence-corrected chi connectivity index (χ3v) is 4.69. The average Bonchev–Trinajstić information content (AvgIpc) is 2.12. The Labute approximate surface area is 93.0 Å². The Morgan fingerprint density at radius 3 is 2.07 bits per heavy atom. The van der Waals surface area contributed by atoms with Crippen molar-refractivity contribution in [1.29, 1.82) is 0 Å². The van der Waals surface area contributed by atoms with Gasteiger partial charge in [-0.1, -0.05) is 0 Å². The third-order valence-electron chi connectivity index (χ3n) is 4.69. The van der Waals surface area contributed by atoms with Crippen molar-refractivity contribution < 1.29 is 0 Å². The maximum Gasteiger partial charge on any atom is 0.0350 e. The van der Waals surface area contributed by atoms with Gasteiger partial charge in [0.15, 0.2) is 0 Å². The van der Waals surface area contributed by atoms with Crippen molar-refractivity contribution in [1.82, 2.24) is 14.7 Å². The number of rotatable bonds is 1. The van der Waals surface area contributed by atoms with Gasteiger partial charge in [-0.2, -0.15) is 0 Å². The minimum absolute atomic E-state index is 0.723. The number of hydrogen-bond donors (Lipinski definition) is 0. The lowest BCUT2D eigenvalue weighted by Crippen LogP contribution is -2.69. The molecule has 3 nitrogen and oxygen atoms in total. The first-order valence-corrected chi connectivity index (χ1v) is 6.28. The van der Waals surface area contributed by atoms with E-state index in [1.54, 1.807) is 0 Å². The van der Waals surface area contributed by atoms with Crippen LogP contribution in [-0.2, 0) is 0 Å². The first kappa shape index (κ1) is 10.1. The van der Waals surface area contributed by atoms with Gasteiger partial charge in [-0.15, -0.1) is 0 Å². The number of likely N-dealkylation sites (N-methyl/N-ethyl adjacent to an activating group) is 1. The van der Waals surface area contributed by atoms with Gasteiger partial charge in [-0.25, -0.2) is 0 Å². The van der Waals surface area contributed by atoms with Crippen molar-refractivity contribution in [2.24, 2.45) is 5.41 Å². The first-order chi connectivity index (χ1) is 7.17. The zero-order chi connectivity index (χ0) is 10.5. The van der Waals surface area contributed by atoms with Crippen molar-refractivity contribution in [3.63, 3.8) is 0 Å². The minimum atomic E-state index is 0.723. The maximum atomic E-state index is 2.71. The summed E-state index contributed by atoms with van der Waals surface area (Å²) < 4.78 is 0. The normalized spacial score (nSPS) is 34.0. The van der Waals surface area contributed by atoms with Crippen molar-refractivity contribution >= 4 is 0 Å². The molecule has 0 aliphatic carbocycles. The molecule has 3 heterocycles. The van der Waals surface area contributed by atoms with Crippen LogP contribution in [0.25, 0.3) is 0 Å². The van der Waals surface area contributed by atoms with Gasteiger partial charge in [0.1, 0.15) is 0 Å². The fraction of sp³-hybridized carbons (Fsp3) is 1.00. The van der Waals surface area contributed by atoms with E-state index in [-0.39, 0.29) is 0 Å². The maximum absolute atomic E-state index is 2.71. The van der Waals surface area contributed by atoms with Gasteiger partial charge in [0.2, 0.25) is 0 Å². The molecular weight excluding hydrogens is 186 g/mol. The van der Waals surface area contributed by atoms with Gasteiger partial charge in [-0.3, -0.25) is 4.90 Å². The largest absolute Gasteiger partial charge is 0.306 e. The Bertz CT molecular complexity index is 231. The predicted octanol–water partition coefficient (Wildman–Crippen LogP) is 0.328. The molecule has 86 valence electrons. The summed E-state index contributed by atoms with van der Waals surface area (Å²) in [5.74, 6) is 0.